The Morgan fingerprint density at radius 2 is 2.11 bits per heavy atom. The highest BCUT2D eigenvalue weighted by Crippen LogP contribution is 2.32. The maximum Gasteiger partial charge on any atom is 0.329 e. The van der Waals surface area contributed by atoms with Gasteiger partial charge in [-0.25, -0.2) is 9.59 Å². The molecule has 18 heavy (non-hydrogen) atoms. The average Bonchev–Trinajstić information content (AvgIpc) is 3.13. The number of nitrogens with one attached hydrogen (secondary N) is 1. The smallest absolute Gasteiger partial charge is 0.329 e. The van der Waals surface area contributed by atoms with E-state index in [4.69, 9.17) is 0 Å². The minimum Gasteiger partial charge on any atom is -0.480 e. The van der Waals surface area contributed by atoms with Crippen LogP contribution in [0, 0.1) is 5.92 Å². The van der Waals surface area contributed by atoms with E-state index in [0.717, 1.165) is 25.2 Å². The molecular formula is C13H22N2O3. The van der Waals surface area contributed by atoms with Crippen LogP contribution in [-0.4, -0.2) is 40.6 Å². The van der Waals surface area contributed by atoms with E-state index in [9.17, 15) is 14.7 Å². The minimum absolute atomic E-state index is 0.222. The number of likely N-dealkylation sites (tertiary alicyclic amines) is 1. The van der Waals surface area contributed by atoms with Crippen LogP contribution in [0.1, 0.15) is 45.4 Å². The van der Waals surface area contributed by atoms with Gasteiger partial charge in [0.1, 0.15) is 5.54 Å². The third-order valence-electron chi connectivity index (χ3n) is 4.12. The Morgan fingerprint density at radius 1 is 1.39 bits per heavy atom. The van der Waals surface area contributed by atoms with Crippen LogP contribution in [0.5, 0.6) is 0 Å². The van der Waals surface area contributed by atoms with Crippen molar-refractivity contribution < 1.29 is 14.7 Å². The molecule has 2 aliphatic rings. The first-order valence-corrected chi connectivity index (χ1v) is 6.83. The molecule has 0 aromatic carbocycles. The molecule has 0 spiro atoms. The van der Waals surface area contributed by atoms with Crippen LogP contribution in [0.15, 0.2) is 0 Å². The van der Waals surface area contributed by atoms with Gasteiger partial charge in [-0.15, -0.1) is 0 Å². The molecule has 2 N–H and O–H groups in total. The summed E-state index contributed by atoms with van der Waals surface area (Å²) in [6.45, 7) is 2.85. The summed E-state index contributed by atoms with van der Waals surface area (Å²) in [5.74, 6) is -0.128. The van der Waals surface area contributed by atoms with E-state index in [1.54, 1.807) is 6.92 Å². The predicted octanol–water partition coefficient (Wildman–Crippen LogP) is 1.83. The summed E-state index contributed by atoms with van der Waals surface area (Å²) in [5.41, 5.74) is -1.04. The van der Waals surface area contributed by atoms with E-state index >= 15 is 0 Å². The summed E-state index contributed by atoms with van der Waals surface area (Å²) in [4.78, 5) is 24.9. The second-order valence-electron chi connectivity index (χ2n) is 5.65. The monoisotopic (exact) mass is 254 g/mol. The fourth-order valence-corrected chi connectivity index (χ4v) is 2.55. The van der Waals surface area contributed by atoms with Crippen molar-refractivity contribution in [2.24, 2.45) is 5.92 Å². The van der Waals surface area contributed by atoms with Crippen molar-refractivity contribution in [3.8, 4) is 0 Å². The highest BCUT2D eigenvalue weighted by Gasteiger charge is 2.43. The standard InChI is InChI=1S/C13H22N2O3/c1-13(11(16)17)7-2-3-9-15(13)12(18)14-8-6-10-4-5-10/h10H,2-9H2,1H3,(H,14,18)(H,16,17). The molecule has 0 aromatic rings. The molecule has 2 amide bonds. The number of carbonyl (C=O) groups excluding carboxylic acids is 1. The minimum atomic E-state index is -1.04. The Labute approximate surface area is 108 Å². The molecule has 1 aliphatic carbocycles. The van der Waals surface area contributed by atoms with Crippen LogP contribution >= 0.6 is 0 Å². The number of rotatable bonds is 4. The molecule has 1 saturated heterocycles. The molecule has 0 radical (unpaired) electrons. The van der Waals surface area contributed by atoms with Crippen molar-refractivity contribution in [2.45, 2.75) is 51.0 Å². The van der Waals surface area contributed by atoms with Crippen LogP contribution in [0.25, 0.3) is 0 Å². The Kier molecular flexibility index (Phi) is 3.78. The number of nitrogens with zero attached hydrogens (tertiary/aromatic N) is 1. The number of carbonyl (C=O) groups is 2. The van der Waals surface area contributed by atoms with Crippen molar-refractivity contribution in [3.05, 3.63) is 0 Å². The Balaban J connectivity index is 1.90. The topological polar surface area (TPSA) is 69.6 Å². The first-order valence-electron chi connectivity index (χ1n) is 6.83. The van der Waals surface area contributed by atoms with Crippen LogP contribution in [0.4, 0.5) is 4.79 Å². The van der Waals surface area contributed by atoms with Gasteiger partial charge < -0.3 is 15.3 Å². The number of carboxylic acid groups (broad SMARTS) is 1. The van der Waals surface area contributed by atoms with Crippen molar-refractivity contribution in [1.29, 1.82) is 0 Å². The van der Waals surface area contributed by atoms with Gasteiger partial charge >= 0.3 is 12.0 Å². The van der Waals surface area contributed by atoms with E-state index in [-0.39, 0.29) is 6.03 Å². The van der Waals surface area contributed by atoms with E-state index in [1.165, 1.54) is 17.7 Å². The number of aliphatic carboxylic acids is 1. The zero-order chi connectivity index (χ0) is 13.2. The van der Waals surface area contributed by atoms with Gasteiger partial charge in [-0.1, -0.05) is 12.8 Å². The molecular weight excluding hydrogens is 232 g/mol. The largest absolute Gasteiger partial charge is 0.480 e. The van der Waals surface area contributed by atoms with Crippen LogP contribution < -0.4 is 5.32 Å². The molecule has 0 bridgehead atoms. The Hall–Kier alpha value is -1.26. The third kappa shape index (κ3) is 2.76. The van der Waals surface area contributed by atoms with E-state index < -0.39 is 11.5 Å². The molecule has 0 aromatic heterocycles. The summed E-state index contributed by atoms with van der Waals surface area (Å²) in [6.07, 6.45) is 5.86. The van der Waals surface area contributed by atoms with Gasteiger partial charge in [0.15, 0.2) is 0 Å². The summed E-state index contributed by atoms with van der Waals surface area (Å²) in [7, 11) is 0. The van der Waals surface area contributed by atoms with E-state index in [2.05, 4.69) is 5.32 Å². The van der Waals surface area contributed by atoms with Crippen LogP contribution in [0.2, 0.25) is 0 Å². The molecule has 1 aliphatic heterocycles. The zero-order valence-electron chi connectivity index (χ0n) is 10.9. The highest BCUT2D eigenvalue weighted by atomic mass is 16.4. The van der Waals surface area contributed by atoms with Gasteiger partial charge in [0.05, 0.1) is 0 Å². The molecule has 5 nitrogen and oxygen atoms in total. The molecule has 5 heteroatoms. The molecule has 2 rings (SSSR count). The van der Waals surface area contributed by atoms with E-state index in [0.29, 0.717) is 19.5 Å². The predicted molar refractivity (Wildman–Crippen MR) is 67.3 cm³/mol. The Morgan fingerprint density at radius 3 is 2.72 bits per heavy atom. The highest BCUT2D eigenvalue weighted by molar-refractivity contribution is 5.86. The SMILES string of the molecule is CC1(C(=O)O)CCCCN1C(=O)NCCC1CC1. The lowest BCUT2D eigenvalue weighted by atomic mass is 9.89. The first-order chi connectivity index (χ1) is 8.54. The Bertz CT molecular complexity index is 341. The quantitative estimate of drug-likeness (QED) is 0.804. The number of piperidine rings is 1. The van der Waals surface area contributed by atoms with Crippen molar-refractivity contribution in [2.75, 3.05) is 13.1 Å². The number of hydrogen-bond donors (Lipinski definition) is 2. The normalized spacial score (nSPS) is 27.9. The first kappa shape index (κ1) is 13.2. The maximum absolute atomic E-state index is 12.1. The lowest BCUT2D eigenvalue weighted by Gasteiger charge is -2.41. The van der Waals surface area contributed by atoms with Gasteiger partial charge in [0.25, 0.3) is 0 Å². The number of amides is 2. The van der Waals surface area contributed by atoms with Crippen molar-refractivity contribution in [1.82, 2.24) is 10.2 Å². The van der Waals surface area contributed by atoms with E-state index in [1.807, 2.05) is 0 Å². The van der Waals surface area contributed by atoms with Crippen LogP contribution in [-0.2, 0) is 4.79 Å². The zero-order valence-corrected chi connectivity index (χ0v) is 10.9. The van der Waals surface area contributed by atoms with Crippen LogP contribution in [0.3, 0.4) is 0 Å². The summed E-state index contributed by atoms with van der Waals surface area (Å²) < 4.78 is 0. The summed E-state index contributed by atoms with van der Waals surface area (Å²) >= 11 is 0. The lowest BCUT2D eigenvalue weighted by molar-refractivity contribution is -0.150. The second-order valence-corrected chi connectivity index (χ2v) is 5.65. The van der Waals surface area contributed by atoms with Gasteiger partial charge in [-0.2, -0.15) is 0 Å². The molecule has 1 saturated carbocycles. The number of urea groups is 1. The maximum atomic E-state index is 12.1. The fraction of sp³-hybridized carbons (Fsp3) is 0.846. The van der Waals surface area contributed by atoms with Gasteiger partial charge in [0.2, 0.25) is 0 Å². The number of carboxylic acids is 1. The molecule has 1 atom stereocenters. The summed E-state index contributed by atoms with van der Waals surface area (Å²) in [5, 5.41) is 12.2. The lowest BCUT2D eigenvalue weighted by Crippen LogP contribution is -2.60. The van der Waals surface area contributed by atoms with Gasteiger partial charge in [-0.3, -0.25) is 0 Å². The summed E-state index contributed by atoms with van der Waals surface area (Å²) in [6, 6.07) is -0.222. The fourth-order valence-electron chi connectivity index (χ4n) is 2.55. The number of hydrogen-bond acceptors (Lipinski definition) is 2. The average molecular weight is 254 g/mol. The second kappa shape index (κ2) is 5.16. The molecule has 2 fully saturated rings. The van der Waals surface area contributed by atoms with Gasteiger partial charge in [-0.05, 0) is 38.5 Å². The van der Waals surface area contributed by atoms with Gasteiger partial charge in [0, 0.05) is 13.1 Å². The molecule has 1 heterocycles. The third-order valence-corrected chi connectivity index (χ3v) is 4.12. The molecule has 102 valence electrons. The van der Waals surface area contributed by atoms with Crippen molar-refractivity contribution >= 4 is 12.0 Å². The van der Waals surface area contributed by atoms with Crippen molar-refractivity contribution in [3.63, 3.8) is 0 Å². The molecule has 1 unspecified atom stereocenters.